The molecule has 126 valence electrons. The van der Waals surface area contributed by atoms with E-state index in [1.54, 1.807) is 31.3 Å². The molecule has 0 spiro atoms. The van der Waals surface area contributed by atoms with Crippen LogP contribution in [0.3, 0.4) is 0 Å². The molecule has 2 aromatic carbocycles. The number of hydrogen-bond donors (Lipinski definition) is 0. The maximum absolute atomic E-state index is 12.9. The number of hydrogen-bond acceptors (Lipinski definition) is 4. The fraction of sp³-hybridized carbons (Fsp3) is 0.200. The molecule has 0 radical (unpaired) electrons. The minimum Gasteiger partial charge on any atom is -0.497 e. The Morgan fingerprint density at radius 1 is 1.04 bits per heavy atom. The van der Waals surface area contributed by atoms with Gasteiger partial charge in [-0.3, -0.25) is 9.69 Å². The number of benzene rings is 2. The molecule has 0 N–H and O–H groups in total. The highest BCUT2D eigenvalue weighted by molar-refractivity contribution is 6.07. The summed E-state index contributed by atoms with van der Waals surface area (Å²) >= 11 is 0. The van der Waals surface area contributed by atoms with Crippen LogP contribution in [0.15, 0.2) is 48.5 Å². The Balaban J connectivity index is 1.74. The quantitative estimate of drug-likeness (QED) is 0.736. The van der Waals surface area contributed by atoms with E-state index in [1.807, 2.05) is 30.3 Å². The molecule has 2 heterocycles. The summed E-state index contributed by atoms with van der Waals surface area (Å²) in [6.45, 7) is 0.631. The lowest BCUT2D eigenvalue weighted by atomic mass is 10.1. The first-order valence-corrected chi connectivity index (χ1v) is 8.13. The summed E-state index contributed by atoms with van der Waals surface area (Å²) in [5, 5.41) is 1.05. The van der Waals surface area contributed by atoms with Gasteiger partial charge in [0.05, 0.1) is 19.7 Å². The molecular formula is C20H18N2O3. The van der Waals surface area contributed by atoms with Crippen molar-refractivity contribution in [2.75, 3.05) is 25.7 Å². The Morgan fingerprint density at radius 2 is 1.84 bits per heavy atom. The summed E-state index contributed by atoms with van der Waals surface area (Å²) in [5.41, 5.74) is 2.51. The maximum atomic E-state index is 12.9. The number of anilines is 1. The van der Waals surface area contributed by atoms with Gasteiger partial charge in [-0.25, -0.2) is 4.98 Å². The minimum absolute atomic E-state index is 0.0626. The van der Waals surface area contributed by atoms with E-state index in [4.69, 9.17) is 14.5 Å². The van der Waals surface area contributed by atoms with Gasteiger partial charge in [-0.2, -0.15) is 0 Å². The van der Waals surface area contributed by atoms with Gasteiger partial charge in [0.15, 0.2) is 0 Å². The molecule has 0 bridgehead atoms. The van der Waals surface area contributed by atoms with E-state index in [9.17, 15) is 4.79 Å². The standard InChI is InChI=1S/C20H18N2O3/c1-24-16-5-3-4-15(11-16)20(23)22-9-8-14-10-13-6-7-17(25-2)12-18(13)21-19(14)22/h3-7,10-12H,8-9H2,1-2H3. The van der Waals surface area contributed by atoms with Crippen molar-refractivity contribution in [2.24, 2.45) is 0 Å². The Labute approximate surface area is 145 Å². The molecule has 5 nitrogen and oxygen atoms in total. The fourth-order valence-electron chi connectivity index (χ4n) is 3.17. The SMILES string of the molecule is COc1cccc(C(=O)N2CCc3cc4ccc(OC)cc4nc32)c1. The number of fused-ring (bicyclic) bond motifs is 2. The molecule has 0 atom stereocenters. The molecule has 1 aromatic heterocycles. The highest BCUT2D eigenvalue weighted by Crippen LogP contribution is 2.32. The van der Waals surface area contributed by atoms with Crippen molar-refractivity contribution >= 4 is 22.6 Å². The highest BCUT2D eigenvalue weighted by Gasteiger charge is 2.27. The highest BCUT2D eigenvalue weighted by atomic mass is 16.5. The number of pyridine rings is 1. The van der Waals surface area contributed by atoms with Gasteiger partial charge in [0.25, 0.3) is 5.91 Å². The summed E-state index contributed by atoms with van der Waals surface area (Å²) in [6.07, 6.45) is 0.806. The van der Waals surface area contributed by atoms with Crippen molar-refractivity contribution in [1.82, 2.24) is 4.98 Å². The van der Waals surface area contributed by atoms with Crippen molar-refractivity contribution in [3.8, 4) is 11.5 Å². The molecule has 0 saturated carbocycles. The molecule has 3 aromatic rings. The zero-order chi connectivity index (χ0) is 17.4. The van der Waals surface area contributed by atoms with Crippen molar-refractivity contribution in [3.63, 3.8) is 0 Å². The topological polar surface area (TPSA) is 51.7 Å². The summed E-state index contributed by atoms with van der Waals surface area (Å²) in [5.74, 6) is 2.09. The van der Waals surface area contributed by atoms with Crippen molar-refractivity contribution in [1.29, 1.82) is 0 Å². The smallest absolute Gasteiger partial charge is 0.259 e. The molecule has 5 heteroatoms. The second-order valence-electron chi connectivity index (χ2n) is 5.97. The van der Waals surface area contributed by atoms with Crippen LogP contribution in [0.25, 0.3) is 10.9 Å². The van der Waals surface area contributed by atoms with Crippen molar-refractivity contribution < 1.29 is 14.3 Å². The van der Waals surface area contributed by atoms with Crippen molar-refractivity contribution in [3.05, 3.63) is 59.7 Å². The van der Waals surface area contributed by atoms with Crippen LogP contribution in [-0.2, 0) is 6.42 Å². The largest absolute Gasteiger partial charge is 0.497 e. The van der Waals surface area contributed by atoms with Gasteiger partial charge in [0.1, 0.15) is 17.3 Å². The lowest BCUT2D eigenvalue weighted by Gasteiger charge is -2.17. The van der Waals surface area contributed by atoms with Gasteiger partial charge in [-0.1, -0.05) is 6.07 Å². The fourth-order valence-corrected chi connectivity index (χ4v) is 3.17. The number of carbonyl (C=O) groups is 1. The molecule has 1 amide bonds. The summed E-state index contributed by atoms with van der Waals surface area (Å²) in [4.78, 5) is 19.4. The second-order valence-corrected chi connectivity index (χ2v) is 5.97. The predicted octanol–water partition coefficient (Wildman–Crippen LogP) is 3.45. The summed E-state index contributed by atoms with van der Waals surface area (Å²) in [6, 6.07) is 15.1. The van der Waals surface area contributed by atoms with Crippen LogP contribution in [0.2, 0.25) is 0 Å². The molecular weight excluding hydrogens is 316 g/mol. The van der Waals surface area contributed by atoms with E-state index in [0.717, 1.165) is 34.5 Å². The van der Waals surface area contributed by atoms with E-state index in [-0.39, 0.29) is 5.91 Å². The Hall–Kier alpha value is -3.08. The second kappa shape index (κ2) is 6.09. The average Bonchev–Trinajstić information content (AvgIpc) is 3.07. The Bertz CT molecular complexity index is 968. The van der Waals surface area contributed by atoms with Crippen LogP contribution in [0, 0.1) is 0 Å². The molecule has 4 rings (SSSR count). The first kappa shape index (κ1) is 15.4. The third-order valence-electron chi connectivity index (χ3n) is 4.50. The summed E-state index contributed by atoms with van der Waals surface area (Å²) < 4.78 is 10.5. The lowest BCUT2D eigenvalue weighted by Crippen LogP contribution is -2.29. The van der Waals surface area contributed by atoms with Crippen molar-refractivity contribution in [2.45, 2.75) is 6.42 Å². The summed E-state index contributed by atoms with van der Waals surface area (Å²) in [7, 11) is 3.23. The molecule has 1 aliphatic rings. The Morgan fingerprint density at radius 3 is 2.64 bits per heavy atom. The molecule has 0 saturated heterocycles. The number of rotatable bonds is 3. The maximum Gasteiger partial charge on any atom is 0.259 e. The Kier molecular flexibility index (Phi) is 3.76. The van der Waals surface area contributed by atoms with Gasteiger partial charge < -0.3 is 9.47 Å². The molecule has 0 unspecified atom stereocenters. The van der Waals surface area contributed by atoms with Gasteiger partial charge >= 0.3 is 0 Å². The number of methoxy groups -OCH3 is 2. The van der Waals surface area contributed by atoms with Crippen LogP contribution in [0.4, 0.5) is 5.82 Å². The normalized spacial score (nSPS) is 13.0. The van der Waals surface area contributed by atoms with E-state index in [0.29, 0.717) is 17.9 Å². The monoisotopic (exact) mass is 334 g/mol. The third-order valence-corrected chi connectivity index (χ3v) is 4.50. The lowest BCUT2D eigenvalue weighted by molar-refractivity contribution is 0.0988. The number of aromatic nitrogens is 1. The molecule has 0 fully saturated rings. The number of carbonyl (C=O) groups excluding carboxylic acids is 1. The number of amides is 1. The number of nitrogens with zero attached hydrogens (tertiary/aromatic N) is 2. The van der Waals surface area contributed by atoms with Crippen LogP contribution in [0.5, 0.6) is 11.5 Å². The van der Waals surface area contributed by atoms with Crippen LogP contribution < -0.4 is 14.4 Å². The van der Waals surface area contributed by atoms with Crippen LogP contribution >= 0.6 is 0 Å². The van der Waals surface area contributed by atoms with E-state index in [1.165, 1.54) is 0 Å². The van der Waals surface area contributed by atoms with E-state index in [2.05, 4.69) is 6.07 Å². The zero-order valence-electron chi connectivity index (χ0n) is 14.2. The molecule has 1 aliphatic heterocycles. The van der Waals surface area contributed by atoms with Gasteiger partial charge in [-0.05, 0) is 48.4 Å². The van der Waals surface area contributed by atoms with E-state index >= 15 is 0 Å². The minimum atomic E-state index is -0.0626. The van der Waals surface area contributed by atoms with Gasteiger partial charge in [0, 0.05) is 23.6 Å². The molecule has 0 aliphatic carbocycles. The zero-order valence-corrected chi connectivity index (χ0v) is 14.2. The van der Waals surface area contributed by atoms with Gasteiger partial charge in [0.2, 0.25) is 0 Å². The van der Waals surface area contributed by atoms with Crippen LogP contribution in [0.1, 0.15) is 15.9 Å². The average molecular weight is 334 g/mol. The van der Waals surface area contributed by atoms with Gasteiger partial charge in [-0.15, -0.1) is 0 Å². The van der Waals surface area contributed by atoms with Crippen LogP contribution in [-0.4, -0.2) is 31.7 Å². The van der Waals surface area contributed by atoms with E-state index < -0.39 is 0 Å². The molecule has 25 heavy (non-hydrogen) atoms. The first-order valence-electron chi connectivity index (χ1n) is 8.13. The first-order chi connectivity index (χ1) is 12.2. The number of ether oxygens (including phenoxy) is 2. The predicted molar refractivity (Wildman–Crippen MR) is 96.7 cm³/mol. The third kappa shape index (κ3) is 2.67.